The van der Waals surface area contributed by atoms with Crippen molar-refractivity contribution in [3.8, 4) is 0 Å². The number of halogens is 3. The molecule has 1 aromatic heterocycles. The molecule has 0 spiro atoms. The van der Waals surface area contributed by atoms with E-state index in [4.69, 9.17) is 0 Å². The molecule has 1 aliphatic carbocycles. The lowest BCUT2D eigenvalue weighted by atomic mass is 9.94. The Labute approximate surface area is 121 Å². The number of amides is 1. The highest BCUT2D eigenvalue weighted by Crippen LogP contribution is 2.28. The molecule has 0 atom stereocenters. The van der Waals surface area contributed by atoms with E-state index in [9.17, 15) is 18.0 Å². The first kappa shape index (κ1) is 15.9. The summed E-state index contributed by atoms with van der Waals surface area (Å²) in [5, 5.41) is 3.49. The van der Waals surface area contributed by atoms with Gasteiger partial charge in [0.1, 0.15) is 6.54 Å². The second-order valence-electron chi connectivity index (χ2n) is 5.62. The molecule has 1 saturated carbocycles. The molecule has 0 aromatic carbocycles. The van der Waals surface area contributed by atoms with Gasteiger partial charge in [0.2, 0.25) is 5.91 Å². The van der Waals surface area contributed by atoms with Crippen molar-refractivity contribution in [1.29, 1.82) is 0 Å². The summed E-state index contributed by atoms with van der Waals surface area (Å²) >= 11 is 0. The zero-order valence-electron chi connectivity index (χ0n) is 12.3. The first-order valence-corrected chi connectivity index (χ1v) is 7.16. The first-order chi connectivity index (χ1) is 9.79. The molecule has 1 amide bonds. The minimum Gasteiger partial charge on any atom is -0.341 e. The molecule has 1 aromatic rings. The Balaban J connectivity index is 2.03. The highest BCUT2D eigenvalue weighted by Gasteiger charge is 2.34. The number of aromatic nitrogens is 2. The topological polar surface area (TPSA) is 38.1 Å². The molecule has 0 radical (unpaired) electrons. The number of hydrogen-bond donors (Lipinski definition) is 0. The zero-order chi connectivity index (χ0) is 15.6. The van der Waals surface area contributed by atoms with Crippen LogP contribution in [0.2, 0.25) is 0 Å². The van der Waals surface area contributed by atoms with E-state index in [0.29, 0.717) is 5.69 Å². The smallest absolute Gasteiger partial charge is 0.341 e. The van der Waals surface area contributed by atoms with Gasteiger partial charge in [-0.2, -0.15) is 18.3 Å². The van der Waals surface area contributed by atoms with Crippen molar-refractivity contribution < 1.29 is 18.0 Å². The van der Waals surface area contributed by atoms with Gasteiger partial charge in [-0.25, -0.2) is 0 Å². The standard InChI is InChI=1S/C14H20F3N3O/c1-10-8-12(14(15,16)17)18-20(10)9-13(21)19(2)11-6-4-3-5-7-11/h8,11H,3-7,9H2,1-2H3. The number of carbonyl (C=O) groups is 1. The SMILES string of the molecule is Cc1cc(C(F)(F)F)nn1CC(=O)N(C)C1CCCCC1. The van der Waals surface area contributed by atoms with Gasteiger partial charge in [0, 0.05) is 18.8 Å². The average Bonchev–Trinajstić information content (AvgIpc) is 2.80. The Kier molecular flexibility index (Phi) is 4.58. The fourth-order valence-corrected chi connectivity index (χ4v) is 2.72. The molecule has 0 saturated heterocycles. The van der Waals surface area contributed by atoms with Crippen LogP contribution < -0.4 is 0 Å². The van der Waals surface area contributed by atoms with Crippen molar-refractivity contribution >= 4 is 5.91 Å². The molecule has 0 unspecified atom stereocenters. The summed E-state index contributed by atoms with van der Waals surface area (Å²) in [6.07, 6.45) is 0.838. The quantitative estimate of drug-likeness (QED) is 0.861. The molecule has 0 aliphatic heterocycles. The van der Waals surface area contributed by atoms with Crippen molar-refractivity contribution in [1.82, 2.24) is 14.7 Å². The van der Waals surface area contributed by atoms with E-state index in [1.807, 2.05) is 0 Å². The van der Waals surface area contributed by atoms with Gasteiger partial charge in [-0.1, -0.05) is 19.3 Å². The molecule has 4 nitrogen and oxygen atoms in total. The molecule has 7 heteroatoms. The maximum Gasteiger partial charge on any atom is 0.435 e. The predicted octanol–water partition coefficient (Wildman–Crippen LogP) is 3.00. The van der Waals surface area contributed by atoms with Crippen LogP contribution in [0.4, 0.5) is 13.2 Å². The van der Waals surface area contributed by atoms with Crippen molar-refractivity contribution in [2.45, 2.75) is 57.8 Å². The largest absolute Gasteiger partial charge is 0.435 e. The van der Waals surface area contributed by atoms with E-state index >= 15 is 0 Å². The van der Waals surface area contributed by atoms with E-state index < -0.39 is 11.9 Å². The Bertz CT molecular complexity index is 504. The van der Waals surface area contributed by atoms with Crippen molar-refractivity contribution in [2.24, 2.45) is 0 Å². The number of carbonyl (C=O) groups excluding carboxylic acids is 1. The molecule has 0 N–H and O–H groups in total. The van der Waals surface area contributed by atoms with E-state index in [1.54, 1.807) is 11.9 Å². The highest BCUT2D eigenvalue weighted by atomic mass is 19.4. The minimum absolute atomic E-state index is 0.144. The van der Waals surface area contributed by atoms with Gasteiger partial charge in [-0.15, -0.1) is 0 Å². The number of hydrogen-bond acceptors (Lipinski definition) is 2. The maximum absolute atomic E-state index is 12.6. The van der Waals surface area contributed by atoms with Crippen LogP contribution in [0.25, 0.3) is 0 Å². The second-order valence-corrected chi connectivity index (χ2v) is 5.62. The number of alkyl halides is 3. The predicted molar refractivity (Wildman–Crippen MR) is 71.6 cm³/mol. The van der Waals surface area contributed by atoms with Crippen LogP contribution in [-0.4, -0.2) is 33.7 Å². The van der Waals surface area contributed by atoms with E-state index in [0.717, 1.165) is 36.4 Å². The summed E-state index contributed by atoms with van der Waals surface area (Å²) in [6, 6.07) is 1.16. The third-order valence-corrected chi connectivity index (χ3v) is 4.07. The summed E-state index contributed by atoms with van der Waals surface area (Å²) in [5.41, 5.74) is -0.610. The van der Waals surface area contributed by atoms with Crippen LogP contribution in [-0.2, 0) is 17.5 Å². The molecule has 1 fully saturated rings. The Hall–Kier alpha value is -1.53. The van der Waals surface area contributed by atoms with Crippen LogP contribution in [0, 0.1) is 6.92 Å². The van der Waals surface area contributed by atoms with Crippen LogP contribution >= 0.6 is 0 Å². The van der Waals surface area contributed by atoms with Crippen molar-refractivity contribution in [3.05, 3.63) is 17.5 Å². The van der Waals surface area contributed by atoms with E-state index in [2.05, 4.69) is 5.10 Å². The van der Waals surface area contributed by atoms with Crippen molar-refractivity contribution in [3.63, 3.8) is 0 Å². The summed E-state index contributed by atoms with van der Waals surface area (Å²) in [7, 11) is 1.72. The zero-order valence-corrected chi connectivity index (χ0v) is 12.3. The number of likely N-dealkylation sites (N-methyl/N-ethyl adjacent to an activating group) is 1. The number of rotatable bonds is 3. The molecular formula is C14H20F3N3O. The lowest BCUT2D eigenvalue weighted by molar-refractivity contribution is -0.142. The Morgan fingerprint density at radius 2 is 2.00 bits per heavy atom. The van der Waals surface area contributed by atoms with Gasteiger partial charge in [-0.05, 0) is 25.8 Å². The van der Waals surface area contributed by atoms with Gasteiger partial charge in [0.25, 0.3) is 0 Å². The van der Waals surface area contributed by atoms with Crippen molar-refractivity contribution in [2.75, 3.05) is 7.05 Å². The highest BCUT2D eigenvalue weighted by molar-refractivity contribution is 5.76. The lowest BCUT2D eigenvalue weighted by Crippen LogP contribution is -2.40. The van der Waals surface area contributed by atoms with Gasteiger partial charge in [0.05, 0.1) is 0 Å². The summed E-state index contributed by atoms with van der Waals surface area (Å²) in [6.45, 7) is 1.38. The normalized spacial score (nSPS) is 17.0. The summed E-state index contributed by atoms with van der Waals surface area (Å²) in [4.78, 5) is 13.9. The minimum atomic E-state index is -4.48. The Morgan fingerprint density at radius 1 is 1.38 bits per heavy atom. The molecular weight excluding hydrogens is 283 g/mol. The number of nitrogens with zero attached hydrogens (tertiary/aromatic N) is 3. The van der Waals surface area contributed by atoms with E-state index in [1.165, 1.54) is 13.3 Å². The molecule has 1 aliphatic rings. The van der Waals surface area contributed by atoms with Gasteiger partial charge >= 0.3 is 6.18 Å². The number of aryl methyl sites for hydroxylation is 1. The van der Waals surface area contributed by atoms with Crippen LogP contribution in [0.3, 0.4) is 0 Å². The molecule has 1 heterocycles. The van der Waals surface area contributed by atoms with Gasteiger partial charge in [-0.3, -0.25) is 9.48 Å². The van der Waals surface area contributed by atoms with Gasteiger partial charge < -0.3 is 4.90 Å². The van der Waals surface area contributed by atoms with Gasteiger partial charge in [0.15, 0.2) is 5.69 Å². The lowest BCUT2D eigenvalue weighted by Gasteiger charge is -2.31. The molecule has 2 rings (SSSR count). The monoisotopic (exact) mass is 303 g/mol. The van der Waals surface area contributed by atoms with Crippen LogP contribution in [0.15, 0.2) is 6.07 Å². The molecule has 21 heavy (non-hydrogen) atoms. The first-order valence-electron chi connectivity index (χ1n) is 7.16. The Morgan fingerprint density at radius 3 is 2.52 bits per heavy atom. The van der Waals surface area contributed by atoms with Crippen LogP contribution in [0.5, 0.6) is 0 Å². The van der Waals surface area contributed by atoms with Crippen LogP contribution in [0.1, 0.15) is 43.5 Å². The molecule has 0 bridgehead atoms. The molecule has 118 valence electrons. The average molecular weight is 303 g/mol. The fourth-order valence-electron chi connectivity index (χ4n) is 2.72. The van der Waals surface area contributed by atoms with E-state index in [-0.39, 0.29) is 18.5 Å². The third-order valence-electron chi connectivity index (χ3n) is 4.07. The summed E-state index contributed by atoms with van der Waals surface area (Å²) < 4.78 is 38.9. The third kappa shape index (κ3) is 3.77. The summed E-state index contributed by atoms with van der Waals surface area (Å²) in [5.74, 6) is -0.193. The fraction of sp³-hybridized carbons (Fsp3) is 0.714. The second kappa shape index (κ2) is 6.07. The maximum atomic E-state index is 12.6.